The van der Waals surface area contributed by atoms with Gasteiger partial charge in [0.05, 0.1) is 5.56 Å². The minimum absolute atomic E-state index is 0.0455. The smallest absolute Gasteiger partial charge is 0.416 e. The number of halogens is 4. The van der Waals surface area contributed by atoms with Gasteiger partial charge in [0, 0.05) is 17.1 Å². The van der Waals surface area contributed by atoms with Crippen LogP contribution in [0.25, 0.3) is 10.9 Å². The molecule has 0 spiro atoms. The highest BCUT2D eigenvalue weighted by Gasteiger charge is 2.30. The maximum absolute atomic E-state index is 13.5. The highest BCUT2D eigenvalue weighted by Crippen LogP contribution is 2.36. The monoisotopic (exact) mass is 295 g/mol. The van der Waals surface area contributed by atoms with E-state index in [2.05, 4.69) is 4.98 Å². The average molecular weight is 295 g/mol. The van der Waals surface area contributed by atoms with Crippen LogP contribution in [0.2, 0.25) is 0 Å². The van der Waals surface area contributed by atoms with Crippen LogP contribution >= 0.6 is 0 Å². The van der Waals surface area contributed by atoms with Gasteiger partial charge in [0.2, 0.25) is 0 Å². The summed E-state index contributed by atoms with van der Waals surface area (Å²) in [7, 11) is 0. The highest BCUT2D eigenvalue weighted by atomic mass is 19.4. The Morgan fingerprint density at radius 1 is 0.952 bits per heavy atom. The largest absolute Gasteiger partial charge is 0.452 e. The van der Waals surface area contributed by atoms with Crippen molar-refractivity contribution in [3.63, 3.8) is 0 Å². The fourth-order valence-corrected chi connectivity index (χ4v) is 2.00. The molecule has 0 aliphatic heterocycles. The van der Waals surface area contributed by atoms with E-state index in [0.717, 1.165) is 12.1 Å². The van der Waals surface area contributed by atoms with E-state index in [-0.39, 0.29) is 16.9 Å². The molecule has 3 aromatic rings. The van der Waals surface area contributed by atoms with Crippen LogP contribution in [-0.2, 0) is 6.18 Å². The lowest BCUT2D eigenvalue weighted by atomic mass is 10.1. The molecule has 2 aromatic carbocycles. The minimum Gasteiger partial charge on any atom is -0.452 e. The van der Waals surface area contributed by atoms with Gasteiger partial charge in [-0.15, -0.1) is 0 Å². The number of ether oxygens (including phenoxy) is 1. The van der Waals surface area contributed by atoms with Gasteiger partial charge in [-0.1, -0.05) is 12.1 Å². The molecule has 0 bridgehead atoms. The van der Waals surface area contributed by atoms with Crippen molar-refractivity contribution >= 4 is 10.9 Å². The number of aromatic nitrogens is 1. The molecule has 0 saturated heterocycles. The van der Waals surface area contributed by atoms with Gasteiger partial charge < -0.3 is 9.72 Å². The van der Waals surface area contributed by atoms with Gasteiger partial charge in [-0.05, 0) is 30.3 Å². The molecule has 0 radical (unpaired) electrons. The first-order valence-electron chi connectivity index (χ1n) is 6.06. The Morgan fingerprint density at radius 2 is 1.71 bits per heavy atom. The third-order valence-corrected chi connectivity index (χ3v) is 3.03. The van der Waals surface area contributed by atoms with Crippen molar-refractivity contribution in [2.45, 2.75) is 6.18 Å². The molecule has 0 atom stereocenters. The van der Waals surface area contributed by atoms with Gasteiger partial charge in [-0.2, -0.15) is 13.2 Å². The summed E-state index contributed by atoms with van der Waals surface area (Å²) >= 11 is 0. The predicted molar refractivity (Wildman–Crippen MR) is 69.8 cm³/mol. The molecule has 3 rings (SSSR count). The third kappa shape index (κ3) is 2.56. The van der Waals surface area contributed by atoms with Crippen molar-refractivity contribution in [3.8, 4) is 11.5 Å². The van der Waals surface area contributed by atoms with E-state index in [4.69, 9.17) is 4.74 Å². The lowest BCUT2D eigenvalue weighted by molar-refractivity contribution is -0.137. The molecule has 2 nitrogen and oxygen atoms in total. The summed E-state index contributed by atoms with van der Waals surface area (Å²) in [5, 5.41) is 0.244. The number of para-hydroxylation sites is 1. The van der Waals surface area contributed by atoms with Crippen LogP contribution in [0.3, 0.4) is 0 Å². The molecule has 108 valence electrons. The molecule has 0 unspecified atom stereocenters. The summed E-state index contributed by atoms with van der Waals surface area (Å²) in [5.41, 5.74) is -0.303. The van der Waals surface area contributed by atoms with Crippen LogP contribution in [0.5, 0.6) is 11.5 Å². The van der Waals surface area contributed by atoms with E-state index in [0.29, 0.717) is 5.52 Å². The molecular formula is C15H9F4NO. The molecule has 6 heteroatoms. The molecule has 1 aromatic heterocycles. The number of aromatic amines is 1. The summed E-state index contributed by atoms with van der Waals surface area (Å²) in [6.45, 7) is 0. The number of hydrogen-bond acceptors (Lipinski definition) is 1. The lowest BCUT2D eigenvalue weighted by Crippen LogP contribution is -2.04. The van der Waals surface area contributed by atoms with Crippen LogP contribution in [0, 0.1) is 5.82 Å². The molecule has 0 amide bonds. The maximum atomic E-state index is 13.5. The minimum atomic E-state index is -4.44. The van der Waals surface area contributed by atoms with E-state index in [1.54, 1.807) is 6.07 Å². The second kappa shape index (κ2) is 4.80. The molecule has 0 aliphatic carbocycles. The maximum Gasteiger partial charge on any atom is 0.416 e. The third-order valence-electron chi connectivity index (χ3n) is 3.03. The normalized spacial score (nSPS) is 11.8. The molecule has 0 aliphatic rings. The van der Waals surface area contributed by atoms with Crippen molar-refractivity contribution in [2.75, 3.05) is 0 Å². The van der Waals surface area contributed by atoms with Gasteiger partial charge in [-0.3, -0.25) is 0 Å². The number of H-pyrrole nitrogens is 1. The molecular weight excluding hydrogens is 286 g/mol. The first-order chi connectivity index (χ1) is 9.95. The van der Waals surface area contributed by atoms with Crippen molar-refractivity contribution in [3.05, 3.63) is 60.0 Å². The van der Waals surface area contributed by atoms with Crippen LogP contribution in [0.1, 0.15) is 5.56 Å². The second-order valence-corrected chi connectivity index (χ2v) is 4.44. The quantitative estimate of drug-likeness (QED) is 0.652. The Balaban J connectivity index is 2.05. The zero-order valence-electron chi connectivity index (χ0n) is 10.5. The number of hydrogen-bond donors (Lipinski definition) is 1. The molecule has 1 heterocycles. The first-order valence-corrected chi connectivity index (χ1v) is 6.06. The Morgan fingerprint density at radius 3 is 2.43 bits per heavy atom. The average Bonchev–Trinajstić information content (AvgIpc) is 2.83. The Hall–Kier alpha value is -2.50. The van der Waals surface area contributed by atoms with E-state index in [1.807, 2.05) is 0 Å². The first kappa shape index (κ1) is 13.5. The van der Waals surface area contributed by atoms with Crippen molar-refractivity contribution in [1.82, 2.24) is 4.98 Å². The standard InChI is InChI=1S/C15H9F4NO/c16-11-3-1-2-4-13(11)21-14-8-20-12-6-5-9(7-10(12)14)15(17,18)19/h1-8,20H. The van der Waals surface area contributed by atoms with Crippen molar-refractivity contribution in [2.24, 2.45) is 0 Å². The Kier molecular flexibility index (Phi) is 3.08. The van der Waals surface area contributed by atoms with Crippen molar-refractivity contribution < 1.29 is 22.3 Å². The number of fused-ring (bicyclic) bond motifs is 1. The van der Waals surface area contributed by atoms with Crippen LogP contribution in [0.4, 0.5) is 17.6 Å². The molecule has 0 saturated carbocycles. The topological polar surface area (TPSA) is 25.0 Å². The Labute approximate surface area is 117 Å². The van der Waals surface area contributed by atoms with Gasteiger partial charge >= 0.3 is 6.18 Å². The van der Waals surface area contributed by atoms with E-state index < -0.39 is 17.6 Å². The van der Waals surface area contributed by atoms with Crippen LogP contribution in [0.15, 0.2) is 48.7 Å². The van der Waals surface area contributed by atoms with Gasteiger partial charge in [0.15, 0.2) is 17.3 Å². The summed E-state index contributed by atoms with van der Waals surface area (Å²) in [5.74, 6) is -0.490. The van der Waals surface area contributed by atoms with Crippen LogP contribution in [-0.4, -0.2) is 4.98 Å². The fraction of sp³-hybridized carbons (Fsp3) is 0.0667. The van der Waals surface area contributed by atoms with Gasteiger partial charge in [0.25, 0.3) is 0 Å². The van der Waals surface area contributed by atoms with E-state index in [1.165, 1.54) is 30.5 Å². The SMILES string of the molecule is Fc1ccccc1Oc1c[nH]c2ccc(C(F)(F)F)cc12. The number of benzene rings is 2. The number of nitrogens with one attached hydrogen (secondary N) is 1. The zero-order valence-corrected chi connectivity index (χ0v) is 10.5. The summed E-state index contributed by atoms with van der Waals surface area (Å²) in [6.07, 6.45) is -3.04. The summed E-state index contributed by atoms with van der Waals surface area (Å²) < 4.78 is 57.1. The Bertz CT molecular complexity index is 792. The predicted octanol–water partition coefficient (Wildman–Crippen LogP) is 5.12. The van der Waals surface area contributed by atoms with E-state index >= 15 is 0 Å². The summed E-state index contributed by atoms with van der Waals surface area (Å²) in [4.78, 5) is 2.79. The zero-order chi connectivity index (χ0) is 15.0. The lowest BCUT2D eigenvalue weighted by Gasteiger charge is -2.08. The molecule has 1 N–H and O–H groups in total. The summed E-state index contributed by atoms with van der Waals surface area (Å²) in [6, 6.07) is 8.96. The van der Waals surface area contributed by atoms with Crippen molar-refractivity contribution in [1.29, 1.82) is 0 Å². The number of rotatable bonds is 2. The van der Waals surface area contributed by atoms with E-state index in [9.17, 15) is 17.6 Å². The fourth-order valence-electron chi connectivity index (χ4n) is 2.00. The van der Waals surface area contributed by atoms with Gasteiger partial charge in [0.1, 0.15) is 0 Å². The number of alkyl halides is 3. The van der Waals surface area contributed by atoms with Crippen LogP contribution < -0.4 is 4.74 Å². The van der Waals surface area contributed by atoms with Gasteiger partial charge in [-0.25, -0.2) is 4.39 Å². The highest BCUT2D eigenvalue weighted by molar-refractivity contribution is 5.87. The molecule has 21 heavy (non-hydrogen) atoms. The molecule has 0 fully saturated rings. The second-order valence-electron chi connectivity index (χ2n) is 4.44.